The SMILES string of the molecule is CC1=C(CC(=O)O)c2cc(F)ccc2/C1=C\c1ccc(CCOC2CCCCO2)cc1. The van der Waals surface area contributed by atoms with Gasteiger partial charge in [-0.1, -0.05) is 30.3 Å². The standard InChI is InChI=1S/C26H27FO4/c1-17-22(21-10-9-20(27)15-24(21)23(17)16-25(28)29)14-19-7-5-18(6-8-19)11-13-31-26-4-2-3-12-30-26/h5-10,14-15,26H,2-4,11-13,16H2,1H3,(H,28,29)/b22-14-. The number of carboxylic acid groups (broad SMARTS) is 1. The molecule has 162 valence electrons. The van der Waals surface area contributed by atoms with E-state index in [1.807, 2.05) is 25.1 Å². The number of fused-ring (bicyclic) bond motifs is 1. The summed E-state index contributed by atoms with van der Waals surface area (Å²) in [4.78, 5) is 11.3. The number of hydrogen-bond acceptors (Lipinski definition) is 3. The van der Waals surface area contributed by atoms with E-state index in [1.165, 1.54) is 17.7 Å². The molecule has 1 N–H and O–H groups in total. The lowest BCUT2D eigenvalue weighted by Crippen LogP contribution is -2.23. The highest BCUT2D eigenvalue weighted by atomic mass is 19.1. The lowest BCUT2D eigenvalue weighted by atomic mass is 10.00. The van der Waals surface area contributed by atoms with Crippen molar-refractivity contribution in [2.24, 2.45) is 0 Å². The van der Waals surface area contributed by atoms with E-state index in [9.17, 15) is 14.3 Å². The molecule has 0 bridgehead atoms. The second-order valence-corrected chi connectivity index (χ2v) is 8.08. The minimum atomic E-state index is -0.920. The maximum Gasteiger partial charge on any atom is 0.307 e. The first-order valence-corrected chi connectivity index (χ1v) is 10.8. The summed E-state index contributed by atoms with van der Waals surface area (Å²) in [6.45, 7) is 3.32. The molecular formula is C26H27FO4. The highest BCUT2D eigenvalue weighted by Gasteiger charge is 2.25. The van der Waals surface area contributed by atoms with E-state index in [1.54, 1.807) is 6.07 Å². The summed E-state index contributed by atoms with van der Waals surface area (Å²) in [6.07, 6.45) is 5.91. The first-order chi connectivity index (χ1) is 15.0. The molecule has 4 nitrogen and oxygen atoms in total. The molecule has 31 heavy (non-hydrogen) atoms. The molecule has 0 radical (unpaired) electrons. The van der Waals surface area contributed by atoms with Crippen LogP contribution in [0, 0.1) is 5.82 Å². The van der Waals surface area contributed by atoms with Crippen LogP contribution < -0.4 is 0 Å². The van der Waals surface area contributed by atoms with Crippen LogP contribution in [0.3, 0.4) is 0 Å². The summed E-state index contributed by atoms with van der Waals surface area (Å²) in [5.74, 6) is -1.28. The van der Waals surface area contributed by atoms with Gasteiger partial charge in [0, 0.05) is 6.61 Å². The summed E-state index contributed by atoms with van der Waals surface area (Å²) in [5, 5.41) is 9.28. The van der Waals surface area contributed by atoms with Crippen molar-refractivity contribution in [3.8, 4) is 0 Å². The van der Waals surface area contributed by atoms with Crippen molar-refractivity contribution in [1.82, 2.24) is 0 Å². The van der Waals surface area contributed by atoms with Gasteiger partial charge in [-0.15, -0.1) is 0 Å². The molecule has 0 amide bonds. The molecule has 1 aliphatic heterocycles. The van der Waals surface area contributed by atoms with Crippen LogP contribution >= 0.6 is 0 Å². The number of carboxylic acids is 1. The van der Waals surface area contributed by atoms with Crippen LogP contribution in [0.1, 0.15) is 54.9 Å². The average Bonchev–Trinajstić information content (AvgIpc) is 3.00. The fraction of sp³-hybridized carbons (Fsp3) is 0.346. The third-order valence-corrected chi connectivity index (χ3v) is 5.90. The van der Waals surface area contributed by atoms with Gasteiger partial charge in [-0.3, -0.25) is 4.79 Å². The number of hydrogen-bond donors (Lipinski definition) is 1. The predicted octanol–water partition coefficient (Wildman–Crippen LogP) is 5.71. The highest BCUT2D eigenvalue weighted by Crippen LogP contribution is 2.43. The molecule has 0 aromatic heterocycles. The zero-order valence-corrected chi connectivity index (χ0v) is 17.7. The van der Waals surface area contributed by atoms with E-state index in [2.05, 4.69) is 12.1 Å². The summed E-state index contributed by atoms with van der Waals surface area (Å²) >= 11 is 0. The molecule has 1 heterocycles. The molecule has 1 unspecified atom stereocenters. The quantitative estimate of drug-likeness (QED) is 0.621. The number of halogens is 1. The molecule has 0 saturated carbocycles. The predicted molar refractivity (Wildman–Crippen MR) is 119 cm³/mol. The Bertz CT molecular complexity index is 1010. The monoisotopic (exact) mass is 422 g/mol. The van der Waals surface area contributed by atoms with Gasteiger partial charge in [-0.05, 0) is 89.8 Å². The Morgan fingerprint density at radius 3 is 2.71 bits per heavy atom. The number of allylic oxidation sites excluding steroid dienone is 2. The zero-order chi connectivity index (χ0) is 21.8. The molecule has 1 saturated heterocycles. The van der Waals surface area contributed by atoms with Crippen LogP contribution in [-0.2, 0) is 20.7 Å². The van der Waals surface area contributed by atoms with Crippen LogP contribution in [0.5, 0.6) is 0 Å². The van der Waals surface area contributed by atoms with E-state index in [0.717, 1.165) is 54.6 Å². The van der Waals surface area contributed by atoms with Crippen molar-refractivity contribution in [2.45, 2.75) is 45.3 Å². The Morgan fingerprint density at radius 2 is 2.00 bits per heavy atom. The third kappa shape index (κ3) is 5.12. The van der Waals surface area contributed by atoms with Gasteiger partial charge in [0.05, 0.1) is 13.0 Å². The van der Waals surface area contributed by atoms with Crippen LogP contribution in [0.2, 0.25) is 0 Å². The van der Waals surface area contributed by atoms with Crippen LogP contribution in [0.25, 0.3) is 17.2 Å². The first kappa shape index (κ1) is 21.5. The van der Waals surface area contributed by atoms with Crippen molar-refractivity contribution in [2.75, 3.05) is 13.2 Å². The molecule has 0 spiro atoms. The number of aliphatic carboxylic acids is 1. The third-order valence-electron chi connectivity index (χ3n) is 5.90. The largest absolute Gasteiger partial charge is 0.481 e. The molecule has 1 fully saturated rings. The molecule has 1 atom stereocenters. The Balaban J connectivity index is 1.48. The lowest BCUT2D eigenvalue weighted by Gasteiger charge is -2.22. The van der Waals surface area contributed by atoms with Crippen molar-refractivity contribution >= 4 is 23.2 Å². The minimum absolute atomic E-state index is 0.0696. The summed E-state index contributed by atoms with van der Waals surface area (Å²) in [7, 11) is 0. The Labute approximate surface area is 182 Å². The minimum Gasteiger partial charge on any atom is -0.481 e. The number of rotatable bonds is 7. The van der Waals surface area contributed by atoms with E-state index in [-0.39, 0.29) is 18.5 Å². The Morgan fingerprint density at radius 1 is 1.19 bits per heavy atom. The maximum absolute atomic E-state index is 13.8. The van der Waals surface area contributed by atoms with E-state index in [4.69, 9.17) is 9.47 Å². The molecule has 1 aliphatic carbocycles. The summed E-state index contributed by atoms with van der Waals surface area (Å²) in [5.41, 5.74) is 6.24. The molecule has 4 rings (SSSR count). The fourth-order valence-electron chi connectivity index (χ4n) is 4.23. The van der Waals surface area contributed by atoms with Crippen molar-refractivity contribution in [3.63, 3.8) is 0 Å². The van der Waals surface area contributed by atoms with E-state index >= 15 is 0 Å². The lowest BCUT2D eigenvalue weighted by molar-refractivity contribution is -0.161. The number of ether oxygens (including phenoxy) is 2. The highest BCUT2D eigenvalue weighted by molar-refractivity contribution is 6.07. The smallest absolute Gasteiger partial charge is 0.307 e. The molecule has 2 aromatic carbocycles. The Hall–Kier alpha value is -2.76. The maximum atomic E-state index is 13.8. The van der Waals surface area contributed by atoms with Crippen LogP contribution in [0.15, 0.2) is 48.0 Å². The van der Waals surface area contributed by atoms with Gasteiger partial charge in [0.25, 0.3) is 0 Å². The van der Waals surface area contributed by atoms with Crippen LogP contribution in [0.4, 0.5) is 4.39 Å². The average molecular weight is 422 g/mol. The molecule has 5 heteroatoms. The zero-order valence-electron chi connectivity index (χ0n) is 17.7. The van der Waals surface area contributed by atoms with Gasteiger partial charge in [0.15, 0.2) is 6.29 Å². The van der Waals surface area contributed by atoms with Crippen molar-refractivity contribution in [1.29, 1.82) is 0 Å². The van der Waals surface area contributed by atoms with Gasteiger partial charge in [-0.25, -0.2) is 4.39 Å². The van der Waals surface area contributed by atoms with Gasteiger partial charge in [0.1, 0.15) is 5.82 Å². The van der Waals surface area contributed by atoms with Crippen molar-refractivity contribution in [3.05, 3.63) is 76.1 Å². The van der Waals surface area contributed by atoms with Gasteiger partial charge >= 0.3 is 5.97 Å². The van der Waals surface area contributed by atoms with Crippen LogP contribution in [-0.4, -0.2) is 30.6 Å². The van der Waals surface area contributed by atoms with E-state index < -0.39 is 5.97 Å². The number of carbonyl (C=O) groups is 1. The second-order valence-electron chi connectivity index (χ2n) is 8.08. The molecule has 2 aliphatic rings. The summed E-state index contributed by atoms with van der Waals surface area (Å²) in [6, 6.07) is 12.8. The second kappa shape index (κ2) is 9.58. The van der Waals surface area contributed by atoms with Gasteiger partial charge in [-0.2, -0.15) is 0 Å². The fourth-order valence-corrected chi connectivity index (χ4v) is 4.23. The van der Waals surface area contributed by atoms with Crippen molar-refractivity contribution < 1.29 is 23.8 Å². The Kier molecular flexibility index (Phi) is 6.64. The van der Waals surface area contributed by atoms with Gasteiger partial charge in [0.2, 0.25) is 0 Å². The molecule has 2 aromatic rings. The normalized spacial score (nSPS) is 19.7. The first-order valence-electron chi connectivity index (χ1n) is 10.8. The number of benzene rings is 2. The van der Waals surface area contributed by atoms with Gasteiger partial charge < -0.3 is 14.6 Å². The van der Waals surface area contributed by atoms with E-state index in [0.29, 0.717) is 17.7 Å². The topological polar surface area (TPSA) is 55.8 Å². The molecular weight excluding hydrogens is 395 g/mol. The summed E-state index contributed by atoms with van der Waals surface area (Å²) < 4.78 is 25.2.